The van der Waals surface area contributed by atoms with E-state index >= 15 is 0 Å². The van der Waals surface area contributed by atoms with Crippen LogP contribution in [0.4, 0.5) is 0 Å². The summed E-state index contributed by atoms with van der Waals surface area (Å²) in [5, 5.41) is 1.60. The molecule has 0 unspecified atom stereocenters. The maximum absolute atomic E-state index is 12.8. The van der Waals surface area contributed by atoms with Crippen molar-refractivity contribution in [3.8, 4) is 0 Å². The summed E-state index contributed by atoms with van der Waals surface area (Å²) < 4.78 is 1.79. The summed E-state index contributed by atoms with van der Waals surface area (Å²) in [5.74, 6) is 0.821. The Labute approximate surface area is 144 Å². The highest BCUT2D eigenvalue weighted by Gasteiger charge is 2.15. The summed E-state index contributed by atoms with van der Waals surface area (Å²) in [6.07, 6.45) is 0. The quantitative estimate of drug-likeness (QED) is 0.508. The van der Waals surface area contributed by atoms with Crippen LogP contribution in [0.3, 0.4) is 0 Å². The lowest BCUT2D eigenvalue weighted by Gasteiger charge is -2.10. The molecule has 0 aliphatic heterocycles. The first-order valence-corrected chi connectivity index (χ1v) is 9.50. The van der Waals surface area contributed by atoms with Crippen LogP contribution in [0.5, 0.6) is 0 Å². The van der Waals surface area contributed by atoms with E-state index in [4.69, 9.17) is 4.98 Å². The molecular weight excluding hydrogens is 324 g/mol. The van der Waals surface area contributed by atoms with Crippen molar-refractivity contribution in [1.29, 1.82) is 0 Å². The minimum atomic E-state index is 0.0887. The van der Waals surface area contributed by atoms with Crippen LogP contribution in [0.2, 0.25) is 0 Å². The Morgan fingerprint density at radius 1 is 1.17 bits per heavy atom. The summed E-state index contributed by atoms with van der Waals surface area (Å²) in [7, 11) is 0. The van der Waals surface area contributed by atoms with Crippen molar-refractivity contribution in [2.24, 2.45) is 0 Å². The fourth-order valence-electron chi connectivity index (χ4n) is 2.53. The molecule has 2 aromatic heterocycles. The fraction of sp³-hybridized carbons (Fsp3) is 0.333. The van der Waals surface area contributed by atoms with Crippen LogP contribution < -0.4 is 5.56 Å². The Hall–Kier alpha value is -1.59. The largest absolute Gasteiger partial charge is 0.287 e. The lowest BCUT2D eigenvalue weighted by atomic mass is 10.2. The Morgan fingerprint density at radius 3 is 2.52 bits per heavy atom. The molecule has 3 aromatic rings. The van der Waals surface area contributed by atoms with Gasteiger partial charge in [0.25, 0.3) is 5.56 Å². The molecule has 5 heteroatoms. The van der Waals surface area contributed by atoms with E-state index in [0.717, 1.165) is 26.7 Å². The summed E-state index contributed by atoms with van der Waals surface area (Å²) in [5.41, 5.74) is 3.66. The molecule has 0 bridgehead atoms. The molecule has 0 atom stereocenters. The zero-order valence-electron chi connectivity index (χ0n) is 13.8. The smallest absolute Gasteiger partial charge is 0.263 e. The summed E-state index contributed by atoms with van der Waals surface area (Å²) >= 11 is 3.25. The van der Waals surface area contributed by atoms with Crippen LogP contribution in [-0.2, 0) is 12.3 Å². The Morgan fingerprint density at radius 2 is 1.87 bits per heavy atom. The van der Waals surface area contributed by atoms with Crippen molar-refractivity contribution in [1.82, 2.24) is 9.55 Å². The van der Waals surface area contributed by atoms with E-state index in [9.17, 15) is 4.79 Å². The molecule has 23 heavy (non-hydrogen) atoms. The molecule has 0 aliphatic rings. The van der Waals surface area contributed by atoms with Gasteiger partial charge in [-0.1, -0.05) is 41.6 Å². The molecule has 0 amide bonds. The van der Waals surface area contributed by atoms with Gasteiger partial charge in [-0.3, -0.25) is 9.36 Å². The number of aryl methyl sites for hydroxylation is 3. The number of hydrogen-bond donors (Lipinski definition) is 0. The molecule has 0 radical (unpaired) electrons. The first-order chi connectivity index (χ1) is 11.0. The van der Waals surface area contributed by atoms with Crippen molar-refractivity contribution in [2.75, 3.05) is 0 Å². The maximum atomic E-state index is 12.8. The van der Waals surface area contributed by atoms with Gasteiger partial charge in [-0.25, -0.2) is 4.98 Å². The third kappa shape index (κ3) is 3.08. The van der Waals surface area contributed by atoms with E-state index in [2.05, 4.69) is 38.1 Å². The van der Waals surface area contributed by atoms with Gasteiger partial charge < -0.3 is 0 Å². The number of rotatable bonds is 4. The molecule has 0 spiro atoms. The van der Waals surface area contributed by atoms with Crippen LogP contribution in [0.15, 0.2) is 34.2 Å². The standard InChI is InChI=1S/C18H20N2OS2/c1-5-20-17(21)15-12(3)13(4)23-16(15)19-18(20)22-10-14-8-6-11(2)7-9-14/h6-9H,5,10H2,1-4H3. The van der Waals surface area contributed by atoms with E-state index in [-0.39, 0.29) is 5.56 Å². The summed E-state index contributed by atoms with van der Waals surface area (Å²) in [4.78, 5) is 19.6. The second-order valence-corrected chi connectivity index (χ2v) is 7.83. The van der Waals surface area contributed by atoms with E-state index in [1.807, 2.05) is 13.8 Å². The minimum absolute atomic E-state index is 0.0887. The SMILES string of the molecule is CCn1c(SCc2ccc(C)cc2)nc2sc(C)c(C)c2c1=O. The Bertz CT molecular complexity index is 907. The molecule has 0 saturated carbocycles. The molecule has 0 N–H and O–H groups in total. The Kier molecular flexibility index (Phi) is 4.60. The molecule has 0 saturated heterocycles. The minimum Gasteiger partial charge on any atom is -0.287 e. The van der Waals surface area contributed by atoms with Crippen molar-refractivity contribution < 1.29 is 0 Å². The van der Waals surface area contributed by atoms with Crippen molar-refractivity contribution >= 4 is 33.3 Å². The number of benzene rings is 1. The zero-order chi connectivity index (χ0) is 16.6. The normalized spacial score (nSPS) is 11.3. The number of thiophene rings is 1. The average Bonchev–Trinajstić information content (AvgIpc) is 2.82. The maximum Gasteiger partial charge on any atom is 0.263 e. The van der Waals surface area contributed by atoms with Gasteiger partial charge in [-0.2, -0.15) is 0 Å². The lowest BCUT2D eigenvalue weighted by Crippen LogP contribution is -2.22. The van der Waals surface area contributed by atoms with Crippen LogP contribution in [0.25, 0.3) is 10.2 Å². The van der Waals surface area contributed by atoms with E-state index in [1.54, 1.807) is 27.7 Å². The fourth-order valence-corrected chi connectivity index (χ4v) is 4.62. The van der Waals surface area contributed by atoms with Gasteiger partial charge in [0.2, 0.25) is 0 Å². The molecule has 0 aliphatic carbocycles. The van der Waals surface area contributed by atoms with Gasteiger partial charge in [0.05, 0.1) is 5.39 Å². The Balaban J connectivity index is 1.99. The number of hydrogen-bond acceptors (Lipinski definition) is 4. The highest BCUT2D eigenvalue weighted by Crippen LogP contribution is 2.29. The lowest BCUT2D eigenvalue weighted by molar-refractivity contribution is 0.635. The molecule has 0 fully saturated rings. The molecule has 2 heterocycles. The zero-order valence-corrected chi connectivity index (χ0v) is 15.5. The highest BCUT2D eigenvalue weighted by molar-refractivity contribution is 7.98. The first-order valence-electron chi connectivity index (χ1n) is 7.70. The third-order valence-corrected chi connectivity index (χ3v) is 6.21. The van der Waals surface area contributed by atoms with Gasteiger partial charge in [0.15, 0.2) is 5.16 Å². The molecular formula is C18H20N2OS2. The second-order valence-electron chi connectivity index (χ2n) is 5.68. The third-order valence-electron chi connectivity index (χ3n) is 4.06. The summed E-state index contributed by atoms with van der Waals surface area (Å²) in [6, 6.07) is 8.50. The van der Waals surface area contributed by atoms with Gasteiger partial charge in [-0.15, -0.1) is 11.3 Å². The molecule has 3 nitrogen and oxygen atoms in total. The topological polar surface area (TPSA) is 34.9 Å². The van der Waals surface area contributed by atoms with Crippen LogP contribution in [-0.4, -0.2) is 9.55 Å². The number of nitrogens with zero attached hydrogens (tertiary/aromatic N) is 2. The first kappa shape index (κ1) is 16.3. The van der Waals surface area contributed by atoms with Crippen LogP contribution >= 0.6 is 23.1 Å². The van der Waals surface area contributed by atoms with Gasteiger partial charge >= 0.3 is 0 Å². The second kappa shape index (κ2) is 6.49. The van der Waals surface area contributed by atoms with E-state index < -0.39 is 0 Å². The van der Waals surface area contributed by atoms with Gasteiger partial charge in [0.1, 0.15) is 4.83 Å². The average molecular weight is 345 g/mol. The van der Waals surface area contributed by atoms with Crippen LogP contribution in [0, 0.1) is 20.8 Å². The molecule has 3 rings (SSSR count). The van der Waals surface area contributed by atoms with Crippen molar-refractivity contribution in [3.05, 3.63) is 56.2 Å². The highest BCUT2D eigenvalue weighted by atomic mass is 32.2. The molecule has 1 aromatic carbocycles. The van der Waals surface area contributed by atoms with Crippen molar-refractivity contribution in [3.63, 3.8) is 0 Å². The number of aromatic nitrogens is 2. The summed E-state index contributed by atoms with van der Waals surface area (Å²) in [6.45, 7) is 8.79. The molecule has 120 valence electrons. The van der Waals surface area contributed by atoms with Crippen LogP contribution in [0.1, 0.15) is 28.5 Å². The van der Waals surface area contributed by atoms with E-state index in [1.165, 1.54) is 16.0 Å². The number of thioether (sulfide) groups is 1. The van der Waals surface area contributed by atoms with Gasteiger partial charge in [-0.05, 0) is 38.8 Å². The monoisotopic (exact) mass is 344 g/mol. The number of fused-ring (bicyclic) bond motifs is 1. The van der Waals surface area contributed by atoms with Gasteiger partial charge in [0, 0.05) is 17.2 Å². The predicted octanol–water partition coefficient (Wildman–Crippen LogP) is 4.70. The van der Waals surface area contributed by atoms with Crippen molar-refractivity contribution in [2.45, 2.75) is 45.1 Å². The van der Waals surface area contributed by atoms with E-state index in [0.29, 0.717) is 6.54 Å². The predicted molar refractivity (Wildman–Crippen MR) is 99.8 cm³/mol.